The van der Waals surface area contributed by atoms with E-state index in [4.69, 9.17) is 9.47 Å². The zero-order valence-corrected chi connectivity index (χ0v) is 19.5. The zero-order valence-electron chi connectivity index (χ0n) is 19.5. The van der Waals surface area contributed by atoms with E-state index in [0.717, 1.165) is 55.8 Å². The maximum atomic E-state index is 13.1. The van der Waals surface area contributed by atoms with Gasteiger partial charge in [0.15, 0.2) is 11.5 Å². The second-order valence-corrected chi connectivity index (χ2v) is 8.39. The van der Waals surface area contributed by atoms with Gasteiger partial charge in [0, 0.05) is 19.6 Å². The Morgan fingerprint density at radius 3 is 2.34 bits per heavy atom. The van der Waals surface area contributed by atoms with E-state index >= 15 is 0 Å². The third kappa shape index (κ3) is 6.43. The third-order valence-corrected chi connectivity index (χ3v) is 5.98. The highest BCUT2D eigenvalue weighted by atomic mass is 19.1. The Balaban J connectivity index is 1.52. The van der Waals surface area contributed by atoms with Gasteiger partial charge in [-0.2, -0.15) is 0 Å². The molecule has 1 aliphatic rings. The monoisotopic (exact) mass is 443 g/mol. The number of nitrogens with one attached hydrogen (secondary N) is 1. The lowest BCUT2D eigenvalue weighted by atomic mass is 10.0. The van der Waals surface area contributed by atoms with E-state index in [0.29, 0.717) is 18.0 Å². The van der Waals surface area contributed by atoms with Crippen LogP contribution in [0.2, 0.25) is 0 Å². The van der Waals surface area contributed by atoms with Crippen LogP contribution < -0.4 is 14.8 Å². The summed E-state index contributed by atoms with van der Waals surface area (Å²) >= 11 is 0. The van der Waals surface area contributed by atoms with Crippen molar-refractivity contribution in [3.8, 4) is 11.5 Å². The first-order valence-corrected chi connectivity index (χ1v) is 11.1. The smallest absolute Gasteiger partial charge is 0.234 e. The first-order chi connectivity index (χ1) is 15.4. The number of rotatable bonds is 8. The maximum Gasteiger partial charge on any atom is 0.234 e. The van der Waals surface area contributed by atoms with E-state index in [1.807, 2.05) is 38.1 Å². The second kappa shape index (κ2) is 11.3. The van der Waals surface area contributed by atoms with Crippen molar-refractivity contribution in [2.45, 2.75) is 32.9 Å². The van der Waals surface area contributed by atoms with Crippen LogP contribution in [-0.4, -0.2) is 62.7 Å². The quantitative estimate of drug-likeness (QED) is 0.677. The molecule has 0 spiro atoms. The van der Waals surface area contributed by atoms with Crippen molar-refractivity contribution in [1.29, 1.82) is 0 Å². The van der Waals surface area contributed by atoms with Crippen molar-refractivity contribution in [3.05, 3.63) is 58.9 Å². The highest BCUT2D eigenvalue weighted by Gasteiger charge is 2.20. The molecule has 1 unspecified atom stereocenters. The summed E-state index contributed by atoms with van der Waals surface area (Å²) in [4.78, 5) is 17.3. The van der Waals surface area contributed by atoms with Crippen LogP contribution in [0, 0.1) is 12.7 Å². The number of carbonyl (C=O) groups is 1. The van der Waals surface area contributed by atoms with Gasteiger partial charge in [-0.1, -0.05) is 12.1 Å². The number of ether oxygens (including phenoxy) is 2. The molecule has 3 rings (SSSR count). The first-order valence-electron chi connectivity index (χ1n) is 11.1. The van der Waals surface area contributed by atoms with Gasteiger partial charge in [0.1, 0.15) is 5.82 Å². The molecule has 1 aliphatic heterocycles. The minimum atomic E-state index is -0.209. The summed E-state index contributed by atoms with van der Waals surface area (Å²) in [6.07, 6.45) is 0.999. The Kier molecular flexibility index (Phi) is 8.47. The lowest BCUT2D eigenvalue weighted by Crippen LogP contribution is -2.40. The molecule has 0 aromatic heterocycles. The van der Waals surface area contributed by atoms with Crippen LogP contribution >= 0.6 is 0 Å². The highest BCUT2D eigenvalue weighted by Crippen LogP contribution is 2.32. The van der Waals surface area contributed by atoms with Gasteiger partial charge in [-0.3, -0.25) is 14.6 Å². The Morgan fingerprint density at radius 1 is 1.03 bits per heavy atom. The molecular formula is C25H34FN3O3. The molecule has 1 N–H and O–H groups in total. The van der Waals surface area contributed by atoms with E-state index in [9.17, 15) is 9.18 Å². The average molecular weight is 444 g/mol. The Labute approximate surface area is 190 Å². The zero-order chi connectivity index (χ0) is 23.1. The number of hydrogen-bond acceptors (Lipinski definition) is 5. The number of carbonyl (C=O) groups excluding carboxylic acids is 1. The number of hydrogen-bond donors (Lipinski definition) is 1. The molecule has 1 saturated heterocycles. The Hall–Kier alpha value is -2.64. The van der Waals surface area contributed by atoms with Gasteiger partial charge in [-0.25, -0.2) is 4.39 Å². The van der Waals surface area contributed by atoms with Gasteiger partial charge in [-0.15, -0.1) is 0 Å². The van der Waals surface area contributed by atoms with Crippen LogP contribution in [0.5, 0.6) is 11.5 Å². The molecule has 0 radical (unpaired) electrons. The fourth-order valence-corrected chi connectivity index (χ4v) is 4.22. The number of methoxy groups -OCH3 is 2. The molecule has 32 heavy (non-hydrogen) atoms. The third-order valence-electron chi connectivity index (χ3n) is 5.98. The molecule has 2 aromatic rings. The summed E-state index contributed by atoms with van der Waals surface area (Å²) in [6.45, 7) is 8.74. The van der Waals surface area contributed by atoms with E-state index in [2.05, 4.69) is 15.1 Å². The SMILES string of the molecule is COc1cc(C)c(C(C)NC(=O)CN2CCCN(Cc3ccc(F)cc3)CC2)cc1OC. The summed E-state index contributed by atoms with van der Waals surface area (Å²) in [5.41, 5.74) is 3.16. The fourth-order valence-electron chi connectivity index (χ4n) is 4.22. The minimum absolute atomic E-state index is 0.0127. The molecule has 2 aromatic carbocycles. The van der Waals surface area contributed by atoms with Crippen LogP contribution in [0.25, 0.3) is 0 Å². The summed E-state index contributed by atoms with van der Waals surface area (Å²) in [7, 11) is 3.23. The van der Waals surface area contributed by atoms with Crippen LogP contribution in [-0.2, 0) is 11.3 Å². The van der Waals surface area contributed by atoms with Crippen molar-refractivity contribution < 1.29 is 18.7 Å². The van der Waals surface area contributed by atoms with Crippen molar-refractivity contribution in [2.75, 3.05) is 46.9 Å². The standard InChI is InChI=1S/C25H34FN3O3/c1-18-14-23(31-3)24(32-4)15-22(18)19(2)27-25(30)17-29-11-5-10-28(12-13-29)16-20-6-8-21(26)9-7-20/h6-9,14-15,19H,5,10-13,16-17H2,1-4H3,(H,27,30). The van der Waals surface area contributed by atoms with Gasteiger partial charge < -0.3 is 14.8 Å². The predicted octanol–water partition coefficient (Wildman–Crippen LogP) is 3.54. The average Bonchev–Trinajstić information content (AvgIpc) is 2.99. The Morgan fingerprint density at radius 2 is 1.66 bits per heavy atom. The van der Waals surface area contributed by atoms with Gasteiger partial charge >= 0.3 is 0 Å². The van der Waals surface area contributed by atoms with E-state index in [1.165, 1.54) is 12.1 Å². The number of benzene rings is 2. The summed E-state index contributed by atoms with van der Waals surface area (Å²) in [5.74, 6) is 1.14. The molecule has 1 amide bonds. The van der Waals surface area contributed by atoms with Crippen molar-refractivity contribution in [3.63, 3.8) is 0 Å². The van der Waals surface area contributed by atoms with E-state index in [1.54, 1.807) is 14.2 Å². The van der Waals surface area contributed by atoms with Gasteiger partial charge in [0.05, 0.1) is 26.8 Å². The van der Waals surface area contributed by atoms with Gasteiger partial charge in [-0.05, 0) is 74.3 Å². The Bertz CT molecular complexity index is 904. The second-order valence-electron chi connectivity index (χ2n) is 8.39. The molecule has 1 fully saturated rings. The van der Waals surface area contributed by atoms with Crippen molar-refractivity contribution >= 4 is 5.91 Å². The topological polar surface area (TPSA) is 54.0 Å². The number of halogens is 1. The van der Waals surface area contributed by atoms with Crippen LogP contribution in [0.3, 0.4) is 0 Å². The van der Waals surface area contributed by atoms with Crippen molar-refractivity contribution in [1.82, 2.24) is 15.1 Å². The van der Waals surface area contributed by atoms with Crippen LogP contribution in [0.15, 0.2) is 36.4 Å². The van der Waals surface area contributed by atoms with Crippen LogP contribution in [0.4, 0.5) is 4.39 Å². The largest absolute Gasteiger partial charge is 0.493 e. The first kappa shape index (κ1) is 24.0. The molecule has 6 nitrogen and oxygen atoms in total. The molecule has 1 heterocycles. The summed E-state index contributed by atoms with van der Waals surface area (Å²) in [5, 5.41) is 3.12. The molecular weight excluding hydrogens is 409 g/mol. The fraction of sp³-hybridized carbons (Fsp3) is 0.480. The lowest BCUT2D eigenvalue weighted by molar-refractivity contribution is -0.122. The van der Waals surface area contributed by atoms with Gasteiger partial charge in [0.25, 0.3) is 0 Å². The summed E-state index contributed by atoms with van der Waals surface area (Å²) in [6, 6.07) is 10.4. The number of aryl methyl sites for hydroxylation is 1. The van der Waals surface area contributed by atoms with E-state index in [-0.39, 0.29) is 17.8 Å². The molecule has 0 bridgehead atoms. The molecule has 0 aliphatic carbocycles. The van der Waals surface area contributed by atoms with Gasteiger partial charge in [0.2, 0.25) is 5.91 Å². The number of nitrogens with zero attached hydrogens (tertiary/aromatic N) is 2. The lowest BCUT2D eigenvalue weighted by Gasteiger charge is -2.23. The van der Waals surface area contributed by atoms with Crippen LogP contribution in [0.1, 0.15) is 36.1 Å². The van der Waals surface area contributed by atoms with Crippen molar-refractivity contribution in [2.24, 2.45) is 0 Å². The molecule has 174 valence electrons. The maximum absolute atomic E-state index is 13.1. The molecule has 0 saturated carbocycles. The minimum Gasteiger partial charge on any atom is -0.493 e. The predicted molar refractivity (Wildman–Crippen MR) is 124 cm³/mol. The van der Waals surface area contributed by atoms with E-state index < -0.39 is 0 Å². The highest BCUT2D eigenvalue weighted by molar-refractivity contribution is 5.78. The molecule has 1 atom stereocenters. The summed E-state index contributed by atoms with van der Waals surface area (Å²) < 4.78 is 23.9. The molecule has 7 heteroatoms. The normalized spacial score (nSPS) is 16.3. The number of amides is 1.